The van der Waals surface area contributed by atoms with E-state index in [2.05, 4.69) is 32.1 Å². The lowest BCUT2D eigenvalue weighted by Crippen LogP contribution is -2.48. The molecule has 3 aromatic rings. The van der Waals surface area contributed by atoms with Crippen molar-refractivity contribution in [2.75, 3.05) is 25.2 Å². The van der Waals surface area contributed by atoms with Gasteiger partial charge in [0.05, 0.1) is 11.9 Å². The fourth-order valence-corrected chi connectivity index (χ4v) is 5.41. The number of carbonyl (C=O) groups excluding carboxylic acids is 1. The van der Waals surface area contributed by atoms with Crippen molar-refractivity contribution in [2.45, 2.75) is 45.0 Å². The van der Waals surface area contributed by atoms with Gasteiger partial charge in [-0.3, -0.25) is 9.89 Å². The molecule has 1 aliphatic heterocycles. The number of amides is 1. The average Bonchev–Trinajstić information content (AvgIpc) is 3.11. The van der Waals surface area contributed by atoms with E-state index in [0.717, 1.165) is 29.1 Å². The van der Waals surface area contributed by atoms with E-state index in [1.165, 1.54) is 25.2 Å². The van der Waals surface area contributed by atoms with Crippen molar-refractivity contribution >= 4 is 22.8 Å². The Labute approximate surface area is 189 Å². The minimum Gasteiger partial charge on any atom is -0.381 e. The van der Waals surface area contributed by atoms with E-state index < -0.39 is 17.7 Å². The lowest BCUT2D eigenvalue weighted by Gasteiger charge is -2.31. The predicted molar refractivity (Wildman–Crippen MR) is 117 cm³/mol. The van der Waals surface area contributed by atoms with Gasteiger partial charge in [-0.25, -0.2) is 9.97 Å². The van der Waals surface area contributed by atoms with Crippen LogP contribution in [0.1, 0.15) is 37.4 Å². The van der Waals surface area contributed by atoms with Crippen molar-refractivity contribution in [1.29, 1.82) is 0 Å². The minimum atomic E-state index is -3.46. The lowest BCUT2D eigenvalue weighted by atomic mass is 9.88. The van der Waals surface area contributed by atoms with E-state index in [1.807, 2.05) is 0 Å². The second-order valence-electron chi connectivity index (χ2n) is 9.99. The fourth-order valence-electron chi connectivity index (χ4n) is 5.41. The Morgan fingerprint density at radius 2 is 2.12 bits per heavy atom. The van der Waals surface area contributed by atoms with Gasteiger partial charge in [-0.1, -0.05) is 6.92 Å². The summed E-state index contributed by atoms with van der Waals surface area (Å²) in [5.41, 5.74) is 4.83. The molecule has 6 rings (SSSR count). The number of nitrogens with zero attached hydrogens (tertiary/aromatic N) is 4. The van der Waals surface area contributed by atoms with Crippen molar-refractivity contribution in [3.63, 3.8) is 0 Å². The topological polar surface area (TPSA) is 99.8 Å². The van der Waals surface area contributed by atoms with E-state index in [9.17, 15) is 13.6 Å². The summed E-state index contributed by atoms with van der Waals surface area (Å²) < 4.78 is 34.9. The maximum atomic E-state index is 14.9. The number of aromatic nitrogens is 5. The number of ether oxygens (including phenoxy) is 1. The summed E-state index contributed by atoms with van der Waals surface area (Å²) in [5, 5.41) is 7.67. The predicted octanol–water partition coefficient (Wildman–Crippen LogP) is 3.50. The number of imidazole rings is 1. The number of pyridine rings is 1. The van der Waals surface area contributed by atoms with Gasteiger partial charge in [0, 0.05) is 37.4 Å². The quantitative estimate of drug-likeness (QED) is 0.626. The van der Waals surface area contributed by atoms with Gasteiger partial charge in [0.1, 0.15) is 11.2 Å². The summed E-state index contributed by atoms with van der Waals surface area (Å²) in [4.78, 5) is 25.8. The molecule has 174 valence electrons. The number of hydrogen-bond acceptors (Lipinski definition) is 5. The molecule has 0 bridgehead atoms. The highest BCUT2D eigenvalue weighted by molar-refractivity contribution is 5.99. The molecular formula is C23H26F2N6O2. The SMILES string of the molecule is CN(C(=O)C(F)(F)C1CCOCC1)c1cnc2[nH]c(-c3n[nH]c4c3C[C@@H]3C[C@]3(C)C4)nc2c1. The van der Waals surface area contributed by atoms with E-state index in [4.69, 9.17) is 4.74 Å². The highest BCUT2D eigenvalue weighted by Crippen LogP contribution is 2.59. The molecule has 3 aliphatic rings. The van der Waals surface area contributed by atoms with E-state index >= 15 is 0 Å². The summed E-state index contributed by atoms with van der Waals surface area (Å²) in [7, 11) is 1.35. The zero-order valence-corrected chi connectivity index (χ0v) is 18.6. The Hall–Kier alpha value is -2.88. The molecule has 8 nitrogen and oxygen atoms in total. The van der Waals surface area contributed by atoms with Crippen LogP contribution < -0.4 is 4.90 Å². The van der Waals surface area contributed by atoms with Crippen LogP contribution >= 0.6 is 0 Å². The monoisotopic (exact) mass is 456 g/mol. The minimum absolute atomic E-state index is 0.167. The summed E-state index contributed by atoms with van der Waals surface area (Å²) in [6, 6.07) is 1.61. The van der Waals surface area contributed by atoms with Crippen LogP contribution in [-0.4, -0.2) is 57.2 Å². The zero-order valence-electron chi connectivity index (χ0n) is 18.6. The molecule has 33 heavy (non-hydrogen) atoms. The summed E-state index contributed by atoms with van der Waals surface area (Å²) in [5.74, 6) is -4.44. The highest BCUT2D eigenvalue weighted by Gasteiger charge is 2.53. The third kappa shape index (κ3) is 3.25. The number of H-pyrrole nitrogens is 2. The Morgan fingerprint density at radius 1 is 1.33 bits per heavy atom. The average molecular weight is 456 g/mol. The Balaban J connectivity index is 1.27. The largest absolute Gasteiger partial charge is 0.381 e. The van der Waals surface area contributed by atoms with Gasteiger partial charge >= 0.3 is 5.92 Å². The van der Waals surface area contributed by atoms with Crippen LogP contribution in [0.25, 0.3) is 22.7 Å². The van der Waals surface area contributed by atoms with E-state index in [-0.39, 0.29) is 31.7 Å². The molecule has 0 radical (unpaired) electrons. The summed E-state index contributed by atoms with van der Waals surface area (Å²) in [6.45, 7) is 2.81. The number of fused-ring (bicyclic) bond motifs is 3. The van der Waals surface area contributed by atoms with Crippen LogP contribution in [0.3, 0.4) is 0 Å². The standard InChI is InChI=1S/C23H26F2N6O2/c1-22-9-13(22)7-15-17(10-22)29-30-18(15)20-27-16-8-14(11-26-19(16)28-20)31(2)21(32)23(24,25)12-3-5-33-6-4-12/h8,11-13H,3-7,9-10H2,1-2H3,(H,29,30)(H,26,27,28)/t13-,22-/m1/s1. The van der Waals surface area contributed by atoms with Gasteiger partial charge in [0.15, 0.2) is 11.5 Å². The van der Waals surface area contributed by atoms with Crippen molar-refractivity contribution < 1.29 is 18.3 Å². The molecule has 2 atom stereocenters. The maximum absolute atomic E-state index is 14.9. The molecule has 0 spiro atoms. The van der Waals surface area contributed by atoms with Crippen molar-refractivity contribution in [2.24, 2.45) is 17.3 Å². The first kappa shape index (κ1) is 20.7. The number of aromatic amines is 2. The smallest absolute Gasteiger partial charge is 0.328 e. The maximum Gasteiger partial charge on any atom is 0.328 e. The van der Waals surface area contributed by atoms with Gasteiger partial charge in [-0.05, 0) is 49.5 Å². The fraction of sp³-hybridized carbons (Fsp3) is 0.565. The molecule has 3 aromatic heterocycles. The number of rotatable bonds is 4. The Bertz CT molecular complexity index is 1250. The molecule has 1 amide bonds. The third-order valence-electron chi connectivity index (χ3n) is 7.78. The van der Waals surface area contributed by atoms with Crippen LogP contribution in [0.15, 0.2) is 12.3 Å². The Morgan fingerprint density at radius 3 is 2.91 bits per heavy atom. The van der Waals surface area contributed by atoms with Gasteiger partial charge < -0.3 is 14.6 Å². The normalized spacial score (nSPS) is 25.0. The molecule has 4 heterocycles. The van der Waals surface area contributed by atoms with Crippen molar-refractivity contribution in [3.05, 3.63) is 23.5 Å². The second kappa shape index (κ2) is 7.06. The van der Waals surface area contributed by atoms with E-state index in [0.29, 0.717) is 28.3 Å². The molecule has 1 saturated carbocycles. The third-order valence-corrected chi connectivity index (χ3v) is 7.78. The van der Waals surface area contributed by atoms with Gasteiger partial charge in [0.2, 0.25) is 0 Å². The summed E-state index contributed by atoms with van der Waals surface area (Å²) in [6.07, 6.45) is 4.96. The van der Waals surface area contributed by atoms with Gasteiger partial charge in [-0.15, -0.1) is 0 Å². The number of alkyl halides is 2. The van der Waals surface area contributed by atoms with Gasteiger partial charge in [0.25, 0.3) is 5.91 Å². The molecule has 2 fully saturated rings. The molecular weight excluding hydrogens is 430 g/mol. The van der Waals surface area contributed by atoms with Crippen LogP contribution in [0.5, 0.6) is 0 Å². The first-order chi connectivity index (χ1) is 15.8. The first-order valence-corrected chi connectivity index (χ1v) is 11.4. The van der Waals surface area contributed by atoms with E-state index in [1.54, 1.807) is 6.07 Å². The Kier molecular flexibility index (Phi) is 4.43. The summed E-state index contributed by atoms with van der Waals surface area (Å²) >= 11 is 0. The molecule has 10 heteroatoms. The number of nitrogens with one attached hydrogen (secondary N) is 2. The second-order valence-corrected chi connectivity index (χ2v) is 9.99. The first-order valence-electron chi connectivity index (χ1n) is 11.4. The van der Waals surface area contributed by atoms with Crippen LogP contribution in [0.4, 0.5) is 14.5 Å². The van der Waals surface area contributed by atoms with Crippen LogP contribution in [0, 0.1) is 17.3 Å². The molecule has 2 aliphatic carbocycles. The zero-order chi connectivity index (χ0) is 23.0. The number of anilines is 1. The highest BCUT2D eigenvalue weighted by atomic mass is 19.3. The van der Waals surface area contributed by atoms with Crippen LogP contribution in [0.2, 0.25) is 0 Å². The van der Waals surface area contributed by atoms with Crippen molar-refractivity contribution in [1.82, 2.24) is 25.1 Å². The number of halogens is 2. The number of hydrogen-bond donors (Lipinski definition) is 2. The van der Waals surface area contributed by atoms with Crippen LogP contribution in [-0.2, 0) is 22.4 Å². The lowest BCUT2D eigenvalue weighted by molar-refractivity contribution is -0.156. The molecule has 0 unspecified atom stereocenters. The number of carbonyl (C=O) groups is 1. The van der Waals surface area contributed by atoms with Gasteiger partial charge in [-0.2, -0.15) is 13.9 Å². The molecule has 2 N–H and O–H groups in total. The van der Waals surface area contributed by atoms with Crippen molar-refractivity contribution in [3.8, 4) is 11.5 Å². The molecule has 1 saturated heterocycles. The molecule has 0 aromatic carbocycles.